The van der Waals surface area contributed by atoms with Gasteiger partial charge in [0, 0.05) is 12.0 Å². The van der Waals surface area contributed by atoms with E-state index in [9.17, 15) is 4.39 Å². The van der Waals surface area contributed by atoms with E-state index in [1.807, 2.05) is 0 Å². The Labute approximate surface area is 105 Å². The third kappa shape index (κ3) is 2.12. The quantitative estimate of drug-likeness (QED) is 0.887. The van der Waals surface area contributed by atoms with E-state index >= 15 is 0 Å². The van der Waals surface area contributed by atoms with Crippen LogP contribution in [0.25, 0.3) is 11.1 Å². The minimum atomic E-state index is -0.281. The molecule has 0 bridgehead atoms. The molecule has 0 amide bonds. The van der Waals surface area contributed by atoms with Crippen molar-refractivity contribution in [3.8, 4) is 0 Å². The van der Waals surface area contributed by atoms with Crippen LogP contribution in [0.3, 0.4) is 0 Å². The fourth-order valence-electron chi connectivity index (χ4n) is 2.74. The van der Waals surface area contributed by atoms with Crippen LogP contribution in [0.4, 0.5) is 4.39 Å². The second-order valence-electron chi connectivity index (χ2n) is 5.12. The van der Waals surface area contributed by atoms with Gasteiger partial charge in [-0.25, -0.2) is 9.37 Å². The van der Waals surface area contributed by atoms with Gasteiger partial charge in [-0.2, -0.15) is 0 Å². The molecule has 3 nitrogen and oxygen atoms in total. The highest BCUT2D eigenvalue weighted by atomic mass is 19.1. The lowest BCUT2D eigenvalue weighted by molar-refractivity contribution is 0.301. The number of rotatable bonds is 2. The molecule has 1 fully saturated rings. The van der Waals surface area contributed by atoms with Crippen LogP contribution in [0, 0.1) is 11.7 Å². The van der Waals surface area contributed by atoms with Crippen molar-refractivity contribution in [2.75, 3.05) is 6.54 Å². The summed E-state index contributed by atoms with van der Waals surface area (Å²) in [7, 11) is 0. The number of hydrogen-bond acceptors (Lipinski definition) is 3. The largest absolute Gasteiger partial charge is 0.440 e. The van der Waals surface area contributed by atoms with Gasteiger partial charge in [0.15, 0.2) is 11.5 Å². The first-order valence-electron chi connectivity index (χ1n) is 6.52. The first-order valence-corrected chi connectivity index (χ1v) is 6.52. The van der Waals surface area contributed by atoms with Crippen molar-refractivity contribution in [2.24, 2.45) is 11.7 Å². The van der Waals surface area contributed by atoms with Crippen LogP contribution in [-0.2, 0) is 0 Å². The molecule has 2 N–H and O–H groups in total. The zero-order valence-corrected chi connectivity index (χ0v) is 10.2. The van der Waals surface area contributed by atoms with Gasteiger partial charge in [0.2, 0.25) is 0 Å². The van der Waals surface area contributed by atoms with Gasteiger partial charge in [-0.1, -0.05) is 0 Å². The number of halogens is 1. The molecule has 96 valence electrons. The van der Waals surface area contributed by atoms with E-state index in [-0.39, 0.29) is 5.82 Å². The first kappa shape index (κ1) is 11.7. The van der Waals surface area contributed by atoms with Crippen molar-refractivity contribution >= 4 is 11.1 Å². The molecule has 0 aliphatic heterocycles. The van der Waals surface area contributed by atoms with Crippen LogP contribution in [0.5, 0.6) is 0 Å². The third-order valence-electron chi connectivity index (χ3n) is 3.90. The van der Waals surface area contributed by atoms with E-state index in [1.165, 1.54) is 12.1 Å². The lowest BCUT2D eigenvalue weighted by atomic mass is 9.82. The Hall–Kier alpha value is -1.42. The summed E-state index contributed by atoms with van der Waals surface area (Å²) in [6, 6.07) is 4.49. The highest BCUT2D eigenvalue weighted by Gasteiger charge is 2.25. The Kier molecular flexibility index (Phi) is 3.04. The van der Waals surface area contributed by atoms with E-state index < -0.39 is 0 Å². The summed E-state index contributed by atoms with van der Waals surface area (Å²) >= 11 is 0. The SMILES string of the molecule is NCC1CCC(c2nc3ccc(F)cc3o2)CC1. The molecule has 0 saturated heterocycles. The van der Waals surface area contributed by atoms with Crippen LogP contribution in [0.1, 0.15) is 37.5 Å². The molecule has 1 aromatic carbocycles. The highest BCUT2D eigenvalue weighted by molar-refractivity contribution is 5.72. The van der Waals surface area contributed by atoms with Crippen LogP contribution in [-0.4, -0.2) is 11.5 Å². The van der Waals surface area contributed by atoms with Gasteiger partial charge in [0.1, 0.15) is 11.3 Å². The summed E-state index contributed by atoms with van der Waals surface area (Å²) in [5.41, 5.74) is 6.97. The summed E-state index contributed by atoms with van der Waals surface area (Å²) < 4.78 is 18.8. The molecule has 0 unspecified atom stereocenters. The van der Waals surface area contributed by atoms with Gasteiger partial charge >= 0.3 is 0 Å². The van der Waals surface area contributed by atoms with Crippen LogP contribution in [0.15, 0.2) is 22.6 Å². The van der Waals surface area contributed by atoms with E-state index in [0.717, 1.165) is 43.6 Å². The normalized spacial score (nSPS) is 24.6. The number of nitrogens with two attached hydrogens (primary N) is 1. The fourth-order valence-corrected chi connectivity index (χ4v) is 2.74. The average Bonchev–Trinajstić information content (AvgIpc) is 2.81. The van der Waals surface area contributed by atoms with Gasteiger partial charge in [-0.15, -0.1) is 0 Å². The maximum absolute atomic E-state index is 13.1. The van der Waals surface area contributed by atoms with Crippen molar-refractivity contribution in [3.05, 3.63) is 29.9 Å². The van der Waals surface area contributed by atoms with Crippen molar-refractivity contribution in [3.63, 3.8) is 0 Å². The van der Waals surface area contributed by atoms with Crippen LogP contribution in [0.2, 0.25) is 0 Å². The highest BCUT2D eigenvalue weighted by Crippen LogP contribution is 2.36. The van der Waals surface area contributed by atoms with E-state index in [4.69, 9.17) is 10.2 Å². The molecule has 18 heavy (non-hydrogen) atoms. The molecule has 1 saturated carbocycles. The number of oxazole rings is 1. The lowest BCUT2D eigenvalue weighted by Gasteiger charge is -2.25. The molecule has 1 aromatic heterocycles. The zero-order chi connectivity index (χ0) is 12.5. The Balaban J connectivity index is 1.82. The molecule has 1 aliphatic rings. The molecule has 0 atom stereocenters. The molecule has 4 heteroatoms. The second kappa shape index (κ2) is 4.69. The topological polar surface area (TPSA) is 52.0 Å². The fraction of sp³-hybridized carbons (Fsp3) is 0.500. The summed E-state index contributed by atoms with van der Waals surface area (Å²) in [6.45, 7) is 0.769. The molecule has 0 radical (unpaired) electrons. The van der Waals surface area contributed by atoms with Crippen molar-refractivity contribution in [1.82, 2.24) is 4.98 Å². The summed E-state index contributed by atoms with van der Waals surface area (Å²) in [5, 5.41) is 0. The standard InChI is InChI=1S/C14H17FN2O/c15-11-5-6-12-13(7-11)18-14(17-12)10-3-1-9(8-16)2-4-10/h5-7,9-10H,1-4,8,16H2. The van der Waals surface area contributed by atoms with Crippen LogP contribution < -0.4 is 5.73 Å². The predicted molar refractivity (Wildman–Crippen MR) is 67.7 cm³/mol. The van der Waals surface area contributed by atoms with E-state index in [1.54, 1.807) is 6.07 Å². The third-order valence-corrected chi connectivity index (χ3v) is 3.90. The molecular formula is C14H17FN2O. The molecule has 2 aromatic rings. The maximum atomic E-state index is 13.1. The summed E-state index contributed by atoms with van der Waals surface area (Å²) in [6.07, 6.45) is 4.40. The number of nitrogens with zero attached hydrogens (tertiary/aromatic N) is 1. The van der Waals surface area contributed by atoms with Gasteiger partial charge in [0.25, 0.3) is 0 Å². The van der Waals surface area contributed by atoms with Crippen LogP contribution >= 0.6 is 0 Å². The van der Waals surface area contributed by atoms with Gasteiger partial charge < -0.3 is 10.2 Å². The number of aromatic nitrogens is 1. The smallest absolute Gasteiger partial charge is 0.198 e. The minimum absolute atomic E-state index is 0.281. The number of fused-ring (bicyclic) bond motifs is 1. The Morgan fingerprint density at radius 2 is 2.06 bits per heavy atom. The monoisotopic (exact) mass is 248 g/mol. The number of hydrogen-bond donors (Lipinski definition) is 1. The van der Waals surface area contributed by atoms with Crippen molar-refractivity contribution < 1.29 is 8.81 Å². The molecule has 1 heterocycles. The Morgan fingerprint density at radius 3 is 2.78 bits per heavy atom. The van der Waals surface area contributed by atoms with Crippen molar-refractivity contribution in [2.45, 2.75) is 31.6 Å². The Bertz CT molecular complexity index is 544. The van der Waals surface area contributed by atoms with E-state index in [2.05, 4.69) is 4.98 Å². The van der Waals surface area contributed by atoms with Gasteiger partial charge in [0.05, 0.1) is 0 Å². The van der Waals surface area contributed by atoms with Gasteiger partial charge in [-0.05, 0) is 50.3 Å². The lowest BCUT2D eigenvalue weighted by Crippen LogP contribution is -2.20. The average molecular weight is 248 g/mol. The molecule has 1 aliphatic carbocycles. The zero-order valence-electron chi connectivity index (χ0n) is 10.2. The van der Waals surface area contributed by atoms with E-state index in [0.29, 0.717) is 17.4 Å². The minimum Gasteiger partial charge on any atom is -0.440 e. The maximum Gasteiger partial charge on any atom is 0.198 e. The van der Waals surface area contributed by atoms with Crippen molar-refractivity contribution in [1.29, 1.82) is 0 Å². The van der Waals surface area contributed by atoms with Gasteiger partial charge in [-0.3, -0.25) is 0 Å². The number of benzene rings is 1. The summed E-state index contributed by atoms with van der Waals surface area (Å²) in [4.78, 5) is 4.46. The second-order valence-corrected chi connectivity index (χ2v) is 5.12. The molecular weight excluding hydrogens is 231 g/mol. The first-order chi connectivity index (χ1) is 8.76. The molecule has 3 rings (SSSR count). The predicted octanol–water partition coefficient (Wildman–Crippen LogP) is 3.20. The molecule has 0 spiro atoms. The summed E-state index contributed by atoms with van der Waals surface area (Å²) in [5.74, 6) is 1.48. The Morgan fingerprint density at radius 1 is 1.28 bits per heavy atom.